The summed E-state index contributed by atoms with van der Waals surface area (Å²) in [4.78, 5) is 22.2. The Labute approximate surface area is 106 Å². The highest BCUT2D eigenvalue weighted by atomic mass is 16.2. The Morgan fingerprint density at radius 1 is 1.50 bits per heavy atom. The van der Waals surface area contributed by atoms with E-state index in [0.29, 0.717) is 18.9 Å². The maximum atomic E-state index is 11.4. The van der Waals surface area contributed by atoms with Crippen molar-refractivity contribution in [1.29, 1.82) is 0 Å². The number of aryl methyl sites for hydroxylation is 1. The number of hydrogen-bond donors (Lipinski definition) is 3. The van der Waals surface area contributed by atoms with Gasteiger partial charge in [-0.1, -0.05) is 6.92 Å². The van der Waals surface area contributed by atoms with Crippen LogP contribution in [0.1, 0.15) is 18.3 Å². The lowest BCUT2D eigenvalue weighted by Gasteiger charge is -2.29. The summed E-state index contributed by atoms with van der Waals surface area (Å²) in [6, 6.07) is 0. The summed E-state index contributed by atoms with van der Waals surface area (Å²) in [5.41, 5.74) is 3.45. The van der Waals surface area contributed by atoms with Crippen molar-refractivity contribution >= 4 is 17.5 Å². The predicted octanol–water partition coefficient (Wildman–Crippen LogP) is -0.431. The van der Waals surface area contributed by atoms with Crippen molar-refractivity contribution in [2.45, 2.75) is 20.3 Å². The SMILES string of the molecule is CCc1nc(NN)c(C)c(N2CCNC(=O)C2)n1. The molecule has 7 heteroatoms. The zero-order valence-electron chi connectivity index (χ0n) is 10.7. The summed E-state index contributed by atoms with van der Waals surface area (Å²) in [5.74, 6) is 7.59. The Morgan fingerprint density at radius 3 is 2.89 bits per heavy atom. The minimum atomic E-state index is 0.0135. The highest BCUT2D eigenvalue weighted by molar-refractivity contribution is 5.82. The Bertz CT molecular complexity index is 461. The summed E-state index contributed by atoms with van der Waals surface area (Å²) in [5, 5.41) is 2.79. The van der Waals surface area contributed by atoms with E-state index in [4.69, 9.17) is 5.84 Å². The molecule has 1 aliphatic rings. The molecule has 2 heterocycles. The number of amides is 1. The van der Waals surface area contributed by atoms with Crippen molar-refractivity contribution in [3.8, 4) is 0 Å². The van der Waals surface area contributed by atoms with E-state index in [9.17, 15) is 4.79 Å². The molecule has 4 N–H and O–H groups in total. The van der Waals surface area contributed by atoms with Gasteiger partial charge in [0.2, 0.25) is 5.91 Å². The van der Waals surface area contributed by atoms with Crippen molar-refractivity contribution in [1.82, 2.24) is 15.3 Å². The first-order valence-corrected chi connectivity index (χ1v) is 6.01. The van der Waals surface area contributed by atoms with Crippen LogP contribution in [0.15, 0.2) is 0 Å². The molecule has 98 valence electrons. The molecule has 18 heavy (non-hydrogen) atoms. The van der Waals surface area contributed by atoms with Crippen LogP contribution in [0.4, 0.5) is 11.6 Å². The molecule has 1 fully saturated rings. The Morgan fingerprint density at radius 2 is 2.28 bits per heavy atom. The number of nitrogens with two attached hydrogens (primary N) is 1. The second-order valence-corrected chi connectivity index (χ2v) is 4.21. The van der Waals surface area contributed by atoms with Gasteiger partial charge >= 0.3 is 0 Å². The largest absolute Gasteiger partial charge is 0.353 e. The van der Waals surface area contributed by atoms with Crippen LogP contribution in [0.3, 0.4) is 0 Å². The highest BCUT2D eigenvalue weighted by Gasteiger charge is 2.21. The number of nitrogens with zero attached hydrogens (tertiary/aromatic N) is 3. The van der Waals surface area contributed by atoms with E-state index in [1.165, 1.54) is 0 Å². The van der Waals surface area contributed by atoms with Crippen LogP contribution in [0, 0.1) is 6.92 Å². The number of piperazine rings is 1. The van der Waals surface area contributed by atoms with Gasteiger partial charge in [-0.15, -0.1) is 0 Å². The molecule has 0 atom stereocenters. The molecule has 1 aliphatic heterocycles. The average molecular weight is 250 g/mol. The van der Waals surface area contributed by atoms with E-state index in [2.05, 4.69) is 20.7 Å². The molecule has 1 aromatic rings. The van der Waals surface area contributed by atoms with Crippen molar-refractivity contribution in [2.75, 3.05) is 30.0 Å². The molecule has 1 aromatic heterocycles. The molecule has 0 saturated carbocycles. The molecule has 0 aromatic carbocycles. The molecule has 7 nitrogen and oxygen atoms in total. The van der Waals surface area contributed by atoms with E-state index in [0.717, 1.165) is 30.2 Å². The van der Waals surface area contributed by atoms with Gasteiger partial charge in [0.1, 0.15) is 17.5 Å². The van der Waals surface area contributed by atoms with Crippen molar-refractivity contribution in [3.63, 3.8) is 0 Å². The molecule has 0 spiro atoms. The number of nitrogen functional groups attached to an aromatic ring is 1. The first-order chi connectivity index (χ1) is 8.65. The standard InChI is InChI=1S/C11H18N6O/c1-3-8-14-10(16-12)7(2)11(15-8)17-5-4-13-9(18)6-17/h3-6,12H2,1-2H3,(H,13,18)(H,14,15,16). The topological polar surface area (TPSA) is 96.2 Å². The third-order valence-electron chi connectivity index (χ3n) is 2.96. The molecule has 0 unspecified atom stereocenters. The van der Waals surface area contributed by atoms with Crippen LogP contribution in [0.2, 0.25) is 0 Å². The van der Waals surface area contributed by atoms with Crippen LogP contribution in [-0.4, -0.2) is 35.5 Å². The average Bonchev–Trinajstić information content (AvgIpc) is 2.39. The van der Waals surface area contributed by atoms with Gasteiger partial charge in [-0.3, -0.25) is 4.79 Å². The van der Waals surface area contributed by atoms with Gasteiger partial charge in [-0.05, 0) is 6.92 Å². The number of carbonyl (C=O) groups is 1. The quantitative estimate of drug-likeness (QED) is 0.497. The molecule has 0 radical (unpaired) electrons. The van der Waals surface area contributed by atoms with Crippen LogP contribution >= 0.6 is 0 Å². The van der Waals surface area contributed by atoms with E-state index in [1.807, 2.05) is 18.7 Å². The van der Waals surface area contributed by atoms with Gasteiger partial charge in [0.05, 0.1) is 6.54 Å². The fourth-order valence-corrected chi connectivity index (χ4v) is 1.98. The number of nitrogens with one attached hydrogen (secondary N) is 2. The highest BCUT2D eigenvalue weighted by Crippen LogP contribution is 2.23. The first kappa shape index (κ1) is 12.6. The lowest BCUT2D eigenvalue weighted by Crippen LogP contribution is -2.48. The third-order valence-corrected chi connectivity index (χ3v) is 2.96. The molecular formula is C11H18N6O. The van der Waals surface area contributed by atoms with Crippen LogP contribution < -0.4 is 21.5 Å². The number of aromatic nitrogens is 2. The van der Waals surface area contributed by atoms with E-state index >= 15 is 0 Å². The van der Waals surface area contributed by atoms with Gasteiger partial charge in [0.25, 0.3) is 0 Å². The molecule has 1 saturated heterocycles. The molecule has 1 amide bonds. The molecular weight excluding hydrogens is 232 g/mol. The van der Waals surface area contributed by atoms with Crippen molar-refractivity contribution in [2.24, 2.45) is 5.84 Å². The lowest BCUT2D eigenvalue weighted by atomic mass is 10.2. The van der Waals surface area contributed by atoms with E-state index in [-0.39, 0.29) is 5.91 Å². The number of rotatable bonds is 3. The Hall–Kier alpha value is -1.89. The number of carbonyl (C=O) groups excluding carboxylic acids is 1. The predicted molar refractivity (Wildman–Crippen MR) is 69.2 cm³/mol. The summed E-state index contributed by atoms with van der Waals surface area (Å²) in [7, 11) is 0. The monoisotopic (exact) mass is 250 g/mol. The van der Waals surface area contributed by atoms with E-state index < -0.39 is 0 Å². The zero-order chi connectivity index (χ0) is 13.1. The fraction of sp³-hybridized carbons (Fsp3) is 0.545. The number of anilines is 2. The van der Waals surface area contributed by atoms with Crippen molar-refractivity contribution < 1.29 is 4.79 Å². The van der Waals surface area contributed by atoms with Gasteiger partial charge in [0, 0.05) is 25.1 Å². The minimum Gasteiger partial charge on any atom is -0.353 e. The van der Waals surface area contributed by atoms with Crippen molar-refractivity contribution in [3.05, 3.63) is 11.4 Å². The fourth-order valence-electron chi connectivity index (χ4n) is 1.98. The Kier molecular flexibility index (Phi) is 3.61. The maximum Gasteiger partial charge on any atom is 0.239 e. The number of hydrogen-bond acceptors (Lipinski definition) is 6. The summed E-state index contributed by atoms with van der Waals surface area (Å²) in [6.07, 6.45) is 0.724. The van der Waals surface area contributed by atoms with Gasteiger partial charge in [-0.25, -0.2) is 15.8 Å². The minimum absolute atomic E-state index is 0.0135. The molecule has 0 bridgehead atoms. The van der Waals surface area contributed by atoms with Crippen LogP contribution in [0.25, 0.3) is 0 Å². The molecule has 2 rings (SSSR count). The van der Waals surface area contributed by atoms with Gasteiger partial charge in [-0.2, -0.15) is 0 Å². The molecule has 0 aliphatic carbocycles. The maximum absolute atomic E-state index is 11.4. The second kappa shape index (κ2) is 5.18. The normalized spacial score (nSPS) is 15.5. The van der Waals surface area contributed by atoms with Crippen LogP contribution in [0.5, 0.6) is 0 Å². The third kappa shape index (κ3) is 2.35. The van der Waals surface area contributed by atoms with Gasteiger partial charge < -0.3 is 15.6 Å². The van der Waals surface area contributed by atoms with E-state index in [1.54, 1.807) is 0 Å². The van der Waals surface area contributed by atoms with Crippen LogP contribution in [-0.2, 0) is 11.2 Å². The van der Waals surface area contributed by atoms with Gasteiger partial charge in [0.15, 0.2) is 0 Å². The first-order valence-electron chi connectivity index (χ1n) is 6.01. The summed E-state index contributed by atoms with van der Waals surface area (Å²) < 4.78 is 0. The Balaban J connectivity index is 2.38. The lowest BCUT2D eigenvalue weighted by molar-refractivity contribution is -0.120. The zero-order valence-corrected chi connectivity index (χ0v) is 10.7. The summed E-state index contributed by atoms with van der Waals surface area (Å²) in [6.45, 7) is 5.59. The second-order valence-electron chi connectivity index (χ2n) is 4.21. The summed E-state index contributed by atoms with van der Waals surface area (Å²) >= 11 is 0. The smallest absolute Gasteiger partial charge is 0.239 e. The number of hydrazine groups is 1.